The Labute approximate surface area is 135 Å². The van der Waals surface area contributed by atoms with Crippen molar-refractivity contribution in [2.24, 2.45) is 0 Å². The Morgan fingerprint density at radius 3 is 2.19 bits per heavy atom. The Kier molecular flexibility index (Phi) is 4.08. The second kappa shape index (κ2) is 5.84. The summed E-state index contributed by atoms with van der Waals surface area (Å²) in [6.07, 6.45) is 2.47. The predicted octanol–water partition coefficient (Wildman–Crippen LogP) is 5.73. The topological polar surface area (TPSA) is 12.0 Å². The number of halogens is 1. The number of aryl methyl sites for hydroxylation is 3. The van der Waals surface area contributed by atoms with Crippen molar-refractivity contribution in [1.82, 2.24) is 0 Å². The summed E-state index contributed by atoms with van der Waals surface area (Å²) in [7, 11) is 0. The van der Waals surface area contributed by atoms with E-state index in [4.69, 9.17) is 0 Å². The smallest absolute Gasteiger partial charge is 0.0348 e. The zero-order valence-electron chi connectivity index (χ0n) is 12.9. The molecule has 0 heterocycles. The van der Waals surface area contributed by atoms with Gasteiger partial charge in [-0.15, -0.1) is 0 Å². The fourth-order valence-electron chi connectivity index (χ4n) is 3.30. The van der Waals surface area contributed by atoms with Crippen molar-refractivity contribution in [1.29, 1.82) is 0 Å². The maximum atomic E-state index is 3.69. The Bertz CT molecular complexity index is 633. The maximum Gasteiger partial charge on any atom is 0.0348 e. The first-order chi connectivity index (χ1) is 10.0. The highest BCUT2D eigenvalue weighted by Gasteiger charge is 2.30. The number of nitrogens with one attached hydrogen (secondary N) is 1. The molecule has 110 valence electrons. The number of hydrogen-bond acceptors (Lipinski definition) is 1. The van der Waals surface area contributed by atoms with Gasteiger partial charge in [-0.05, 0) is 73.9 Å². The van der Waals surface area contributed by atoms with Crippen LogP contribution < -0.4 is 5.32 Å². The van der Waals surface area contributed by atoms with Gasteiger partial charge in [0.25, 0.3) is 0 Å². The summed E-state index contributed by atoms with van der Waals surface area (Å²) in [4.78, 5) is 0. The number of hydrogen-bond donors (Lipinski definition) is 1. The van der Waals surface area contributed by atoms with Gasteiger partial charge in [0.05, 0.1) is 0 Å². The van der Waals surface area contributed by atoms with Gasteiger partial charge in [0.15, 0.2) is 0 Å². The zero-order chi connectivity index (χ0) is 15.0. The van der Waals surface area contributed by atoms with Gasteiger partial charge in [-0.3, -0.25) is 0 Å². The lowest BCUT2D eigenvalue weighted by atomic mass is 9.74. The average molecular weight is 344 g/mol. The predicted molar refractivity (Wildman–Crippen MR) is 94.2 cm³/mol. The summed E-state index contributed by atoms with van der Waals surface area (Å²) in [5, 5.41) is 3.69. The Morgan fingerprint density at radius 2 is 1.57 bits per heavy atom. The molecule has 0 unspecified atom stereocenters. The molecule has 0 bridgehead atoms. The minimum Gasteiger partial charge on any atom is -0.382 e. The van der Waals surface area contributed by atoms with E-state index in [0.717, 1.165) is 5.92 Å². The van der Waals surface area contributed by atoms with Crippen LogP contribution in [-0.4, -0.2) is 6.04 Å². The summed E-state index contributed by atoms with van der Waals surface area (Å²) < 4.78 is 1.22. The van der Waals surface area contributed by atoms with Crippen LogP contribution in [0.4, 0.5) is 5.69 Å². The van der Waals surface area contributed by atoms with Gasteiger partial charge in [0.1, 0.15) is 0 Å². The average Bonchev–Trinajstić information content (AvgIpc) is 2.41. The van der Waals surface area contributed by atoms with Crippen LogP contribution in [0.15, 0.2) is 40.9 Å². The summed E-state index contributed by atoms with van der Waals surface area (Å²) in [5.41, 5.74) is 6.80. The fourth-order valence-corrected chi connectivity index (χ4v) is 3.53. The molecule has 1 fully saturated rings. The normalized spacial score (nSPS) is 21.0. The Hall–Kier alpha value is -1.28. The van der Waals surface area contributed by atoms with Crippen molar-refractivity contribution >= 4 is 21.6 Å². The molecule has 0 saturated heterocycles. The summed E-state index contributed by atoms with van der Waals surface area (Å²) >= 11 is 3.63. The molecule has 1 nitrogen and oxygen atoms in total. The molecule has 0 aliphatic heterocycles. The molecule has 2 heteroatoms. The van der Waals surface area contributed by atoms with Crippen molar-refractivity contribution in [3.05, 3.63) is 63.1 Å². The fraction of sp³-hybridized carbons (Fsp3) is 0.368. The van der Waals surface area contributed by atoms with Crippen molar-refractivity contribution in [3.8, 4) is 0 Å². The summed E-state index contributed by atoms with van der Waals surface area (Å²) in [5.74, 6) is 0.723. The van der Waals surface area contributed by atoms with Crippen LogP contribution in [0.3, 0.4) is 0 Å². The van der Waals surface area contributed by atoms with Gasteiger partial charge >= 0.3 is 0 Å². The molecule has 0 amide bonds. The molecule has 0 spiro atoms. The largest absolute Gasteiger partial charge is 0.382 e. The van der Waals surface area contributed by atoms with Gasteiger partial charge in [-0.1, -0.05) is 40.2 Å². The molecule has 21 heavy (non-hydrogen) atoms. The van der Waals surface area contributed by atoms with Crippen molar-refractivity contribution in [2.45, 2.75) is 45.6 Å². The van der Waals surface area contributed by atoms with Crippen LogP contribution in [0, 0.1) is 20.8 Å². The first-order valence-corrected chi connectivity index (χ1v) is 8.42. The maximum absolute atomic E-state index is 3.69. The molecule has 2 aromatic carbocycles. The van der Waals surface area contributed by atoms with E-state index in [9.17, 15) is 0 Å². The third-order valence-electron chi connectivity index (χ3n) is 4.57. The number of anilines is 1. The van der Waals surface area contributed by atoms with Gasteiger partial charge in [0, 0.05) is 16.2 Å². The second-order valence-corrected chi connectivity index (χ2v) is 7.08. The molecular formula is C19H22BrN. The minimum absolute atomic E-state index is 0.606. The highest BCUT2D eigenvalue weighted by Crippen LogP contribution is 2.40. The zero-order valence-corrected chi connectivity index (χ0v) is 14.5. The molecule has 3 rings (SSSR count). The first-order valence-electron chi connectivity index (χ1n) is 7.63. The molecule has 0 radical (unpaired) electrons. The van der Waals surface area contributed by atoms with E-state index in [-0.39, 0.29) is 0 Å². The van der Waals surface area contributed by atoms with E-state index >= 15 is 0 Å². The van der Waals surface area contributed by atoms with Crippen LogP contribution >= 0.6 is 15.9 Å². The lowest BCUT2D eigenvalue weighted by molar-refractivity contribution is 0.373. The van der Waals surface area contributed by atoms with Crippen LogP contribution in [0.1, 0.15) is 41.0 Å². The van der Waals surface area contributed by atoms with Crippen molar-refractivity contribution in [2.75, 3.05) is 5.32 Å². The lowest BCUT2D eigenvalue weighted by Crippen LogP contribution is -2.34. The molecule has 2 aromatic rings. The van der Waals surface area contributed by atoms with Crippen molar-refractivity contribution < 1.29 is 0 Å². The monoisotopic (exact) mass is 343 g/mol. The lowest BCUT2D eigenvalue weighted by Gasteiger charge is -2.37. The Morgan fingerprint density at radius 1 is 0.952 bits per heavy atom. The molecule has 0 aromatic heterocycles. The highest BCUT2D eigenvalue weighted by atomic mass is 79.9. The molecule has 0 atom stereocenters. The summed E-state index contributed by atoms with van der Waals surface area (Å²) in [6.45, 7) is 6.52. The highest BCUT2D eigenvalue weighted by molar-refractivity contribution is 9.10. The summed E-state index contributed by atoms with van der Waals surface area (Å²) in [6, 6.07) is 13.9. The minimum atomic E-state index is 0.606. The molecule has 1 saturated carbocycles. The quantitative estimate of drug-likeness (QED) is 0.749. The van der Waals surface area contributed by atoms with Crippen molar-refractivity contribution in [3.63, 3.8) is 0 Å². The molecule has 1 N–H and O–H groups in total. The van der Waals surface area contributed by atoms with E-state index in [0.29, 0.717) is 6.04 Å². The van der Waals surface area contributed by atoms with E-state index in [1.807, 2.05) is 0 Å². The van der Waals surface area contributed by atoms with E-state index in [1.165, 1.54) is 45.3 Å². The number of benzene rings is 2. The van der Waals surface area contributed by atoms with Crippen LogP contribution in [-0.2, 0) is 0 Å². The van der Waals surface area contributed by atoms with Gasteiger partial charge < -0.3 is 5.32 Å². The first kappa shape index (κ1) is 14.6. The van der Waals surface area contributed by atoms with Crippen LogP contribution in [0.25, 0.3) is 0 Å². The second-order valence-electron chi connectivity index (χ2n) is 6.29. The van der Waals surface area contributed by atoms with E-state index < -0.39 is 0 Å². The standard InChI is InChI=1S/C19H22BrN/c1-12-6-4-5-7-18(12)15-10-17(11-15)21-16-8-13(2)19(20)14(3)9-16/h4-9,15,17,21H,10-11H2,1-3H3. The SMILES string of the molecule is Cc1ccccc1C1CC(Nc2cc(C)c(Br)c(C)c2)C1. The molecule has 1 aliphatic carbocycles. The van der Waals surface area contributed by atoms with Crippen LogP contribution in [0.5, 0.6) is 0 Å². The molecule has 1 aliphatic rings. The van der Waals surface area contributed by atoms with E-state index in [2.05, 4.69) is 78.4 Å². The molecular weight excluding hydrogens is 322 g/mol. The van der Waals surface area contributed by atoms with Crippen LogP contribution in [0.2, 0.25) is 0 Å². The van der Waals surface area contributed by atoms with Gasteiger partial charge in [-0.2, -0.15) is 0 Å². The third-order valence-corrected chi connectivity index (χ3v) is 5.82. The van der Waals surface area contributed by atoms with E-state index in [1.54, 1.807) is 0 Å². The third kappa shape index (κ3) is 3.01. The van der Waals surface area contributed by atoms with Gasteiger partial charge in [-0.25, -0.2) is 0 Å². The van der Waals surface area contributed by atoms with Gasteiger partial charge in [0.2, 0.25) is 0 Å². The number of rotatable bonds is 3. The Balaban J connectivity index is 1.64.